The maximum atomic E-state index is 7.23. The van der Waals surface area contributed by atoms with E-state index in [1.54, 1.807) is 18.2 Å². The number of hydrogen-bond acceptors (Lipinski definition) is 5. The Hall–Kier alpha value is -6.01. The SMILES string of the molecule is CC(C)c1cccc(C(C)C)c1-n1c(-c2[c-]ccc3c2oc2cc4c(cc23)Oc2ccccc2O4)nc2ccccc21.[2H]C([2H])([2H])c1ccc(-c2[c-]cccc2)nc1.[Ir]. The molecule has 7 heteroatoms. The number of nitrogens with zero attached hydrogens (tertiary/aromatic N) is 3. The Balaban J connectivity index is 0.000000240. The summed E-state index contributed by atoms with van der Waals surface area (Å²) in [4.78, 5) is 9.33. The van der Waals surface area contributed by atoms with E-state index in [0.29, 0.717) is 34.8 Å². The van der Waals surface area contributed by atoms with Gasteiger partial charge in [0, 0.05) is 47.6 Å². The van der Waals surface area contributed by atoms with Gasteiger partial charge in [0.1, 0.15) is 5.58 Å². The number of fused-ring (bicyclic) bond motifs is 6. The molecule has 0 unspecified atom stereocenters. The average Bonchev–Trinajstić information content (AvgIpc) is 3.80. The average molecular weight is 913 g/mol. The van der Waals surface area contributed by atoms with E-state index in [2.05, 4.69) is 85.8 Å². The second kappa shape index (κ2) is 15.3. The normalized spacial score (nSPS) is 12.8. The monoisotopic (exact) mass is 913 g/mol. The van der Waals surface area contributed by atoms with Crippen molar-refractivity contribution in [1.82, 2.24) is 14.5 Å². The molecule has 0 saturated carbocycles. The van der Waals surface area contributed by atoms with Gasteiger partial charge < -0.3 is 23.4 Å². The summed E-state index contributed by atoms with van der Waals surface area (Å²) in [5.74, 6) is 4.14. The Morgan fingerprint density at radius 3 is 2.07 bits per heavy atom. The fourth-order valence-electron chi connectivity index (χ4n) is 7.23. The summed E-state index contributed by atoms with van der Waals surface area (Å²) in [5.41, 5.74) is 9.85. The maximum absolute atomic E-state index is 7.23. The van der Waals surface area contributed by atoms with Gasteiger partial charge in [0.25, 0.3) is 0 Å². The van der Waals surface area contributed by atoms with Crippen LogP contribution in [0.2, 0.25) is 0 Å². The molecule has 1 aliphatic rings. The largest absolute Gasteiger partial charge is 0.500 e. The number of aryl methyl sites for hydroxylation is 1. The molecule has 0 atom stereocenters. The molecule has 10 rings (SSSR count). The van der Waals surface area contributed by atoms with Gasteiger partial charge in [-0.05, 0) is 71.4 Å². The Kier molecular flexibility index (Phi) is 9.08. The zero-order valence-electron chi connectivity index (χ0n) is 34.3. The number of furan rings is 1. The molecule has 56 heavy (non-hydrogen) atoms. The number of ether oxygens (including phenoxy) is 2. The summed E-state index contributed by atoms with van der Waals surface area (Å²) < 4.78 is 43.0. The van der Waals surface area contributed by atoms with E-state index in [4.69, 9.17) is 23.0 Å². The van der Waals surface area contributed by atoms with Crippen LogP contribution in [0.25, 0.3) is 61.3 Å². The third kappa shape index (κ3) is 6.68. The molecule has 4 heterocycles. The maximum Gasteiger partial charge on any atom is 0.173 e. The van der Waals surface area contributed by atoms with Crippen molar-refractivity contribution >= 4 is 33.0 Å². The topological polar surface area (TPSA) is 62.3 Å². The summed E-state index contributed by atoms with van der Waals surface area (Å²) in [7, 11) is 0. The van der Waals surface area contributed by atoms with Crippen LogP contribution >= 0.6 is 0 Å². The van der Waals surface area contributed by atoms with Crippen LogP contribution in [0.3, 0.4) is 0 Å². The minimum atomic E-state index is -2.09. The molecular formula is C49H39IrN3O3-2. The minimum Gasteiger partial charge on any atom is -0.500 e. The van der Waals surface area contributed by atoms with Crippen LogP contribution in [0.15, 0.2) is 138 Å². The molecule has 0 N–H and O–H groups in total. The van der Waals surface area contributed by atoms with E-state index >= 15 is 0 Å². The third-order valence-electron chi connectivity index (χ3n) is 9.89. The van der Waals surface area contributed by atoms with Gasteiger partial charge in [-0.15, -0.1) is 54.1 Å². The van der Waals surface area contributed by atoms with Crippen molar-refractivity contribution in [1.29, 1.82) is 0 Å². The number of para-hydroxylation sites is 5. The summed E-state index contributed by atoms with van der Waals surface area (Å²) in [6, 6.07) is 47.9. The number of rotatable bonds is 5. The number of pyridine rings is 1. The van der Waals surface area contributed by atoms with Crippen molar-refractivity contribution in [3.63, 3.8) is 0 Å². The van der Waals surface area contributed by atoms with Gasteiger partial charge in [0.2, 0.25) is 0 Å². The zero-order valence-corrected chi connectivity index (χ0v) is 33.7. The molecule has 0 amide bonds. The summed E-state index contributed by atoms with van der Waals surface area (Å²) in [6.45, 7) is 6.90. The van der Waals surface area contributed by atoms with Crippen molar-refractivity contribution in [2.75, 3.05) is 0 Å². The smallest absolute Gasteiger partial charge is 0.173 e. The quantitative estimate of drug-likeness (QED) is 0.161. The number of imidazole rings is 1. The van der Waals surface area contributed by atoms with Gasteiger partial charge in [0.05, 0.1) is 22.4 Å². The van der Waals surface area contributed by atoms with Gasteiger partial charge in [0.15, 0.2) is 23.0 Å². The first-order chi connectivity index (χ1) is 28.0. The standard InChI is InChI=1S/C37H29N2O3.C12H10N.Ir/c1-21(2)23-11-9-12-24(22(3)4)35(23)39-29-16-6-5-15-28(29)38-37(39)26-14-10-13-25-27-19-33-34(20-32(27)42-36(25)26)41-31-18-8-7-17-30(31)40-33;1-10-7-8-12(13-9-10)11-5-3-2-4-6-11;/h5-13,15-22H,1-4H3;2-5,7-9H,1H3;/q2*-1;/i;1D3;. The van der Waals surface area contributed by atoms with Crippen molar-refractivity contribution in [2.24, 2.45) is 0 Å². The number of hydrogen-bond donors (Lipinski definition) is 0. The first kappa shape index (κ1) is 33.3. The zero-order chi connectivity index (χ0) is 40.1. The Morgan fingerprint density at radius 2 is 1.39 bits per heavy atom. The van der Waals surface area contributed by atoms with E-state index in [-0.39, 0.29) is 25.7 Å². The molecule has 0 fully saturated rings. The van der Waals surface area contributed by atoms with Crippen LogP contribution in [0.5, 0.6) is 23.0 Å². The second-order valence-corrected chi connectivity index (χ2v) is 14.2. The molecule has 9 aromatic rings. The van der Waals surface area contributed by atoms with Crippen molar-refractivity contribution in [3.8, 4) is 51.3 Å². The van der Waals surface area contributed by atoms with Gasteiger partial charge in [-0.2, -0.15) is 0 Å². The molecule has 1 radical (unpaired) electrons. The van der Waals surface area contributed by atoms with Crippen LogP contribution in [-0.4, -0.2) is 14.5 Å². The molecule has 0 spiro atoms. The van der Waals surface area contributed by atoms with Gasteiger partial charge in [-0.1, -0.05) is 93.2 Å². The Labute approximate surface area is 344 Å². The van der Waals surface area contributed by atoms with Crippen LogP contribution < -0.4 is 9.47 Å². The molecule has 0 saturated heterocycles. The summed E-state index contributed by atoms with van der Waals surface area (Å²) in [5, 5.41) is 1.93. The van der Waals surface area contributed by atoms with E-state index < -0.39 is 6.85 Å². The van der Waals surface area contributed by atoms with E-state index in [9.17, 15) is 0 Å². The number of aromatic nitrogens is 3. The minimum absolute atomic E-state index is 0. The molecule has 0 bridgehead atoms. The van der Waals surface area contributed by atoms with Gasteiger partial charge in [-0.3, -0.25) is 4.98 Å². The number of benzene rings is 6. The van der Waals surface area contributed by atoms with E-state index in [1.165, 1.54) is 23.0 Å². The third-order valence-corrected chi connectivity index (χ3v) is 9.89. The van der Waals surface area contributed by atoms with Gasteiger partial charge >= 0.3 is 0 Å². The first-order valence-electron chi connectivity index (χ1n) is 20.0. The van der Waals surface area contributed by atoms with Crippen LogP contribution in [0.1, 0.15) is 60.3 Å². The second-order valence-electron chi connectivity index (χ2n) is 14.2. The molecule has 6 aromatic carbocycles. The molecule has 1 aliphatic heterocycles. The van der Waals surface area contributed by atoms with E-state index in [1.807, 2.05) is 72.8 Å². The summed E-state index contributed by atoms with van der Waals surface area (Å²) in [6.07, 6.45) is 1.39. The molecule has 3 aromatic heterocycles. The fraction of sp³-hybridized carbons (Fsp3) is 0.143. The van der Waals surface area contributed by atoms with Gasteiger partial charge in [-0.25, -0.2) is 0 Å². The van der Waals surface area contributed by atoms with Crippen molar-refractivity contribution in [3.05, 3.63) is 162 Å². The predicted octanol–water partition coefficient (Wildman–Crippen LogP) is 13.4. The molecular weight excluding hydrogens is 871 g/mol. The van der Waals surface area contributed by atoms with E-state index in [0.717, 1.165) is 55.6 Å². The van der Waals surface area contributed by atoms with Crippen molar-refractivity contribution in [2.45, 2.75) is 46.4 Å². The van der Waals surface area contributed by atoms with Crippen LogP contribution in [0, 0.1) is 19.0 Å². The molecule has 6 nitrogen and oxygen atoms in total. The van der Waals surface area contributed by atoms with Crippen LogP contribution in [-0.2, 0) is 20.1 Å². The first-order valence-corrected chi connectivity index (χ1v) is 18.5. The predicted molar refractivity (Wildman–Crippen MR) is 221 cm³/mol. The molecule has 279 valence electrons. The van der Waals surface area contributed by atoms with Crippen molar-refractivity contribution < 1.29 is 38.1 Å². The molecule has 0 aliphatic carbocycles. The Bertz CT molecular complexity index is 2930. The Morgan fingerprint density at radius 1 is 0.679 bits per heavy atom. The van der Waals surface area contributed by atoms with Crippen LogP contribution in [0.4, 0.5) is 0 Å². The fourth-order valence-corrected chi connectivity index (χ4v) is 7.23. The summed E-state index contributed by atoms with van der Waals surface area (Å²) >= 11 is 0.